The largest absolute Gasteiger partial charge is 0.444 e. The molecule has 0 aliphatic heterocycles. The average Bonchev–Trinajstić information content (AvgIpc) is 2.64. The van der Waals surface area contributed by atoms with Crippen LogP contribution in [0.5, 0.6) is 0 Å². The number of ketones is 2. The standard InChI is InChI=1S/C21H21FN2O4/c1-21(2,3)28-20(27)24-13-16(25)12-23-18-10-9-15(22)11-17(18)19(26)14-7-5-4-6-8-14/h4-12H,13H2,1-3H3,(H,24,27). The van der Waals surface area contributed by atoms with E-state index in [9.17, 15) is 18.8 Å². The van der Waals surface area contributed by atoms with Crippen LogP contribution in [-0.4, -0.2) is 36.0 Å². The summed E-state index contributed by atoms with van der Waals surface area (Å²) < 4.78 is 18.7. The predicted octanol–water partition coefficient (Wildman–Crippen LogP) is 3.85. The Morgan fingerprint density at radius 2 is 1.79 bits per heavy atom. The van der Waals surface area contributed by atoms with Crippen LogP contribution in [0.3, 0.4) is 0 Å². The second kappa shape index (κ2) is 9.03. The molecule has 0 radical (unpaired) electrons. The molecule has 7 heteroatoms. The Morgan fingerprint density at radius 3 is 2.43 bits per heavy atom. The van der Waals surface area contributed by atoms with Crippen molar-refractivity contribution in [3.8, 4) is 0 Å². The van der Waals surface area contributed by atoms with Crippen LogP contribution in [0.15, 0.2) is 53.5 Å². The molecule has 0 saturated carbocycles. The van der Waals surface area contributed by atoms with Gasteiger partial charge in [0.05, 0.1) is 24.0 Å². The smallest absolute Gasteiger partial charge is 0.408 e. The van der Waals surface area contributed by atoms with Crippen LogP contribution in [-0.2, 0) is 9.53 Å². The summed E-state index contributed by atoms with van der Waals surface area (Å²) in [5.41, 5.74) is -0.110. The summed E-state index contributed by atoms with van der Waals surface area (Å²) in [5.74, 6) is -1.50. The molecule has 2 aromatic carbocycles. The van der Waals surface area contributed by atoms with Crippen molar-refractivity contribution in [2.75, 3.05) is 6.54 Å². The van der Waals surface area contributed by atoms with E-state index < -0.39 is 29.1 Å². The van der Waals surface area contributed by atoms with Gasteiger partial charge in [-0.1, -0.05) is 30.3 Å². The van der Waals surface area contributed by atoms with Crippen LogP contribution < -0.4 is 5.32 Å². The normalized spacial score (nSPS) is 11.3. The van der Waals surface area contributed by atoms with Gasteiger partial charge in [0.15, 0.2) is 11.6 Å². The van der Waals surface area contributed by atoms with E-state index in [1.807, 2.05) is 0 Å². The minimum Gasteiger partial charge on any atom is -0.444 e. The third-order valence-electron chi connectivity index (χ3n) is 3.39. The molecular weight excluding hydrogens is 363 g/mol. The maximum absolute atomic E-state index is 13.6. The van der Waals surface area contributed by atoms with Gasteiger partial charge < -0.3 is 10.1 Å². The topological polar surface area (TPSA) is 84.8 Å². The molecule has 0 bridgehead atoms. The fourth-order valence-corrected chi connectivity index (χ4v) is 2.21. The molecule has 0 atom stereocenters. The van der Waals surface area contributed by atoms with Crippen LogP contribution >= 0.6 is 0 Å². The van der Waals surface area contributed by atoms with E-state index in [0.29, 0.717) is 5.56 Å². The molecular formula is C21H21FN2O4. The molecule has 146 valence electrons. The molecule has 0 unspecified atom stereocenters. The first kappa shape index (κ1) is 21.0. The summed E-state index contributed by atoms with van der Waals surface area (Å²) in [5, 5.41) is 2.32. The van der Waals surface area contributed by atoms with Gasteiger partial charge in [0.2, 0.25) is 0 Å². The van der Waals surface area contributed by atoms with Crippen molar-refractivity contribution in [3.05, 3.63) is 65.5 Å². The second-order valence-electron chi connectivity index (χ2n) is 6.94. The molecule has 0 fully saturated rings. The lowest BCUT2D eigenvalue weighted by Crippen LogP contribution is -2.35. The fourth-order valence-electron chi connectivity index (χ4n) is 2.21. The number of carbonyl (C=O) groups excluding carboxylic acids is 3. The molecule has 1 N–H and O–H groups in total. The second-order valence-corrected chi connectivity index (χ2v) is 6.94. The summed E-state index contributed by atoms with van der Waals surface area (Å²) in [6, 6.07) is 11.9. The predicted molar refractivity (Wildman–Crippen MR) is 104 cm³/mol. The van der Waals surface area contributed by atoms with E-state index in [0.717, 1.165) is 18.3 Å². The van der Waals surface area contributed by atoms with Gasteiger partial charge in [0, 0.05) is 5.56 Å². The number of nitrogens with one attached hydrogen (secondary N) is 1. The summed E-state index contributed by atoms with van der Waals surface area (Å²) in [6.07, 6.45) is 0.253. The number of benzene rings is 2. The van der Waals surface area contributed by atoms with Crippen molar-refractivity contribution in [1.29, 1.82) is 0 Å². The maximum Gasteiger partial charge on any atom is 0.408 e. The summed E-state index contributed by atoms with van der Waals surface area (Å²) in [7, 11) is 0. The van der Waals surface area contributed by atoms with Crippen molar-refractivity contribution < 1.29 is 23.5 Å². The highest BCUT2D eigenvalue weighted by Crippen LogP contribution is 2.23. The first-order valence-electron chi connectivity index (χ1n) is 8.59. The van der Waals surface area contributed by atoms with Gasteiger partial charge in [-0.2, -0.15) is 0 Å². The third kappa shape index (κ3) is 6.42. The van der Waals surface area contributed by atoms with Crippen molar-refractivity contribution in [1.82, 2.24) is 5.32 Å². The SMILES string of the molecule is CC(C)(C)OC(=O)NCC(=O)C=Nc1ccc(F)cc1C(=O)c1ccccc1. The molecule has 0 aliphatic rings. The fraction of sp³-hybridized carbons (Fsp3) is 0.238. The summed E-state index contributed by atoms with van der Waals surface area (Å²) in [4.78, 5) is 40.1. The number of nitrogens with zero attached hydrogens (tertiary/aromatic N) is 1. The molecule has 0 saturated heterocycles. The number of hydrogen-bond donors (Lipinski definition) is 1. The zero-order valence-electron chi connectivity index (χ0n) is 15.9. The van der Waals surface area contributed by atoms with Crippen LogP contribution in [0.2, 0.25) is 0 Å². The van der Waals surface area contributed by atoms with E-state index in [1.54, 1.807) is 51.1 Å². The Morgan fingerprint density at radius 1 is 1.11 bits per heavy atom. The highest BCUT2D eigenvalue weighted by atomic mass is 19.1. The Hall–Kier alpha value is -3.35. The van der Waals surface area contributed by atoms with Crippen molar-refractivity contribution in [2.45, 2.75) is 26.4 Å². The number of Topliss-reactive ketones (excluding diaryl/α,β-unsaturated/α-hetero) is 1. The zero-order valence-corrected chi connectivity index (χ0v) is 15.9. The molecule has 2 rings (SSSR count). The van der Waals surface area contributed by atoms with E-state index in [4.69, 9.17) is 4.74 Å². The molecule has 0 heterocycles. The number of aliphatic imine (C=N–C) groups is 1. The Kier molecular flexibility index (Phi) is 6.76. The van der Waals surface area contributed by atoms with Gasteiger partial charge in [-0.05, 0) is 39.0 Å². The van der Waals surface area contributed by atoms with Gasteiger partial charge in [-0.3, -0.25) is 14.6 Å². The van der Waals surface area contributed by atoms with E-state index >= 15 is 0 Å². The number of rotatable bonds is 6. The summed E-state index contributed by atoms with van der Waals surface area (Å²) in [6.45, 7) is 4.79. The number of halogens is 1. The van der Waals surface area contributed by atoms with Crippen LogP contribution in [0.4, 0.5) is 14.9 Å². The van der Waals surface area contributed by atoms with Gasteiger partial charge in [-0.25, -0.2) is 9.18 Å². The van der Waals surface area contributed by atoms with Crippen molar-refractivity contribution in [3.63, 3.8) is 0 Å². The monoisotopic (exact) mass is 384 g/mol. The van der Waals surface area contributed by atoms with Gasteiger partial charge in [0.25, 0.3) is 0 Å². The lowest BCUT2D eigenvalue weighted by molar-refractivity contribution is -0.111. The van der Waals surface area contributed by atoms with Crippen LogP contribution in [0, 0.1) is 5.82 Å². The molecule has 1 amide bonds. The number of hydrogen-bond acceptors (Lipinski definition) is 5. The lowest BCUT2D eigenvalue weighted by atomic mass is 10.0. The molecule has 0 aromatic heterocycles. The quantitative estimate of drug-likeness (QED) is 0.605. The Bertz CT molecular complexity index is 902. The van der Waals surface area contributed by atoms with E-state index in [-0.39, 0.29) is 17.8 Å². The average molecular weight is 384 g/mol. The molecule has 28 heavy (non-hydrogen) atoms. The lowest BCUT2D eigenvalue weighted by Gasteiger charge is -2.19. The van der Waals surface area contributed by atoms with Crippen molar-refractivity contribution >= 4 is 29.6 Å². The number of ether oxygens (including phenoxy) is 1. The third-order valence-corrected chi connectivity index (χ3v) is 3.39. The van der Waals surface area contributed by atoms with Gasteiger partial charge in [0.1, 0.15) is 11.4 Å². The Labute approximate surface area is 162 Å². The minimum absolute atomic E-state index is 0.0374. The highest BCUT2D eigenvalue weighted by Gasteiger charge is 2.17. The molecule has 2 aromatic rings. The van der Waals surface area contributed by atoms with E-state index in [2.05, 4.69) is 10.3 Å². The Balaban J connectivity index is 2.10. The minimum atomic E-state index is -0.726. The first-order valence-corrected chi connectivity index (χ1v) is 8.59. The zero-order chi connectivity index (χ0) is 20.7. The molecule has 6 nitrogen and oxygen atoms in total. The van der Waals surface area contributed by atoms with Gasteiger partial charge >= 0.3 is 6.09 Å². The number of amides is 1. The highest BCUT2D eigenvalue weighted by molar-refractivity contribution is 6.29. The molecule has 0 spiro atoms. The van der Waals surface area contributed by atoms with E-state index in [1.165, 1.54) is 6.07 Å². The summed E-state index contributed by atoms with van der Waals surface area (Å²) >= 11 is 0. The van der Waals surface area contributed by atoms with Crippen LogP contribution in [0.25, 0.3) is 0 Å². The van der Waals surface area contributed by atoms with Gasteiger partial charge in [-0.15, -0.1) is 0 Å². The van der Waals surface area contributed by atoms with Crippen LogP contribution in [0.1, 0.15) is 36.7 Å². The first-order chi connectivity index (χ1) is 13.2. The number of carbonyl (C=O) groups is 3. The maximum atomic E-state index is 13.6. The molecule has 0 aliphatic carbocycles. The number of alkyl carbamates (subject to hydrolysis) is 1. The van der Waals surface area contributed by atoms with Crippen molar-refractivity contribution in [2.24, 2.45) is 4.99 Å².